The van der Waals surface area contributed by atoms with Crippen molar-refractivity contribution in [2.75, 3.05) is 5.32 Å². The zero-order valence-electron chi connectivity index (χ0n) is 9.54. The molecule has 7 heteroatoms. The van der Waals surface area contributed by atoms with Crippen molar-refractivity contribution in [1.82, 2.24) is 15.0 Å². The van der Waals surface area contributed by atoms with Crippen molar-refractivity contribution in [2.45, 2.75) is 19.4 Å². The van der Waals surface area contributed by atoms with Gasteiger partial charge in [0.25, 0.3) is 0 Å². The minimum Gasteiger partial charge on any atom is -0.481 e. The van der Waals surface area contributed by atoms with Gasteiger partial charge in [0.2, 0.25) is 0 Å². The van der Waals surface area contributed by atoms with Crippen LogP contribution in [0, 0.1) is 0 Å². The third-order valence-electron chi connectivity index (χ3n) is 2.21. The molecule has 0 radical (unpaired) electrons. The number of thiazole rings is 1. The fraction of sp³-hybridized carbons (Fsp3) is 0.273. The van der Waals surface area contributed by atoms with Crippen LogP contribution in [-0.4, -0.2) is 26.0 Å². The maximum atomic E-state index is 10.4. The molecule has 0 aliphatic heterocycles. The minimum atomic E-state index is -0.807. The Labute approximate surface area is 108 Å². The number of rotatable bonds is 6. The number of anilines is 1. The number of carboxylic acid groups (broad SMARTS) is 1. The zero-order valence-corrected chi connectivity index (χ0v) is 10.4. The number of nitrogens with one attached hydrogen (secondary N) is 1. The third kappa shape index (κ3) is 3.77. The Morgan fingerprint density at radius 2 is 2.33 bits per heavy atom. The van der Waals surface area contributed by atoms with Crippen LogP contribution < -0.4 is 5.32 Å². The third-order valence-corrected chi connectivity index (χ3v) is 3.06. The molecule has 94 valence electrons. The topological polar surface area (TPSA) is 88.0 Å². The van der Waals surface area contributed by atoms with E-state index in [1.54, 1.807) is 6.20 Å². The summed E-state index contributed by atoms with van der Waals surface area (Å²) in [6.45, 7) is 0.578. The molecule has 0 aromatic carbocycles. The van der Waals surface area contributed by atoms with Gasteiger partial charge in [-0.15, -0.1) is 11.3 Å². The smallest absolute Gasteiger partial charge is 0.303 e. The second-order valence-corrected chi connectivity index (χ2v) is 4.45. The summed E-state index contributed by atoms with van der Waals surface area (Å²) in [7, 11) is 0. The first-order valence-corrected chi connectivity index (χ1v) is 6.27. The lowest BCUT2D eigenvalue weighted by molar-refractivity contribution is -0.136. The largest absolute Gasteiger partial charge is 0.481 e. The highest BCUT2D eigenvalue weighted by molar-refractivity contribution is 7.13. The molecule has 0 spiro atoms. The Hall–Kier alpha value is -2.02. The SMILES string of the molecule is O=C(O)CCc1csc(NCc2ccncn2)n1. The van der Waals surface area contributed by atoms with Crippen LogP contribution in [0.4, 0.5) is 5.13 Å². The highest BCUT2D eigenvalue weighted by Crippen LogP contribution is 2.17. The molecule has 2 N–H and O–H groups in total. The lowest BCUT2D eigenvalue weighted by Crippen LogP contribution is -2.02. The highest BCUT2D eigenvalue weighted by atomic mass is 32.1. The molecule has 0 atom stereocenters. The van der Waals surface area contributed by atoms with Crippen molar-refractivity contribution >= 4 is 22.4 Å². The number of hydrogen-bond donors (Lipinski definition) is 2. The van der Waals surface area contributed by atoms with Crippen molar-refractivity contribution in [2.24, 2.45) is 0 Å². The lowest BCUT2D eigenvalue weighted by Gasteiger charge is -2.00. The van der Waals surface area contributed by atoms with Crippen LogP contribution in [-0.2, 0) is 17.8 Å². The molecule has 2 heterocycles. The van der Waals surface area contributed by atoms with Crippen molar-refractivity contribution < 1.29 is 9.90 Å². The molecule has 2 aromatic rings. The van der Waals surface area contributed by atoms with Gasteiger partial charge in [-0.05, 0) is 6.07 Å². The van der Waals surface area contributed by atoms with E-state index in [2.05, 4.69) is 20.3 Å². The summed E-state index contributed by atoms with van der Waals surface area (Å²) in [5.74, 6) is -0.807. The van der Waals surface area contributed by atoms with Gasteiger partial charge in [-0.3, -0.25) is 4.79 Å². The maximum absolute atomic E-state index is 10.4. The van der Waals surface area contributed by atoms with Gasteiger partial charge in [0.05, 0.1) is 24.4 Å². The summed E-state index contributed by atoms with van der Waals surface area (Å²) in [5, 5.41) is 14.4. The van der Waals surface area contributed by atoms with E-state index in [0.717, 1.165) is 16.5 Å². The summed E-state index contributed by atoms with van der Waals surface area (Å²) in [6, 6.07) is 1.83. The Balaban J connectivity index is 1.85. The molecule has 0 saturated carbocycles. The van der Waals surface area contributed by atoms with E-state index < -0.39 is 5.97 Å². The van der Waals surface area contributed by atoms with Crippen LogP contribution in [0.2, 0.25) is 0 Å². The molecule has 0 bridgehead atoms. The van der Waals surface area contributed by atoms with Crippen molar-refractivity contribution in [3.8, 4) is 0 Å². The Morgan fingerprint density at radius 3 is 3.06 bits per heavy atom. The van der Waals surface area contributed by atoms with Crippen LogP contribution in [0.15, 0.2) is 24.0 Å². The molecule has 18 heavy (non-hydrogen) atoms. The molecular weight excluding hydrogens is 252 g/mol. The van der Waals surface area contributed by atoms with Crippen LogP contribution in [0.25, 0.3) is 0 Å². The van der Waals surface area contributed by atoms with Gasteiger partial charge in [-0.1, -0.05) is 0 Å². The first kappa shape index (κ1) is 12.4. The summed E-state index contributed by atoms with van der Waals surface area (Å²) in [5.41, 5.74) is 1.68. The fourth-order valence-corrected chi connectivity index (χ4v) is 2.07. The number of nitrogens with zero attached hydrogens (tertiary/aromatic N) is 3. The molecule has 2 rings (SSSR count). The zero-order chi connectivity index (χ0) is 12.8. The normalized spacial score (nSPS) is 10.2. The molecule has 0 amide bonds. The number of carboxylic acids is 1. The van der Waals surface area contributed by atoms with E-state index in [1.807, 2.05) is 11.4 Å². The second kappa shape index (κ2) is 6.06. The predicted octanol–water partition coefficient (Wildman–Crippen LogP) is 1.56. The molecule has 0 unspecified atom stereocenters. The summed E-state index contributed by atoms with van der Waals surface area (Å²) in [6.07, 6.45) is 3.75. The molecule has 2 aromatic heterocycles. The number of hydrogen-bond acceptors (Lipinski definition) is 6. The summed E-state index contributed by atoms with van der Waals surface area (Å²) >= 11 is 1.46. The molecule has 0 aliphatic rings. The molecule has 0 saturated heterocycles. The second-order valence-electron chi connectivity index (χ2n) is 3.59. The quantitative estimate of drug-likeness (QED) is 0.823. The van der Waals surface area contributed by atoms with E-state index in [-0.39, 0.29) is 6.42 Å². The van der Waals surface area contributed by atoms with E-state index in [0.29, 0.717) is 13.0 Å². The maximum Gasteiger partial charge on any atom is 0.303 e. The molecule has 6 nitrogen and oxygen atoms in total. The van der Waals surface area contributed by atoms with Crippen LogP contribution >= 0.6 is 11.3 Å². The monoisotopic (exact) mass is 264 g/mol. The summed E-state index contributed by atoms with van der Waals surface area (Å²) in [4.78, 5) is 22.7. The minimum absolute atomic E-state index is 0.106. The van der Waals surface area contributed by atoms with E-state index >= 15 is 0 Å². The standard InChI is InChI=1S/C11H12N4O2S/c16-10(17)2-1-9-6-18-11(15-9)13-5-8-3-4-12-7-14-8/h3-4,6-7H,1-2,5H2,(H,13,15)(H,16,17). The predicted molar refractivity (Wildman–Crippen MR) is 67.4 cm³/mol. The van der Waals surface area contributed by atoms with E-state index in [4.69, 9.17) is 5.11 Å². The van der Waals surface area contributed by atoms with Crippen molar-refractivity contribution in [3.05, 3.63) is 35.4 Å². The van der Waals surface area contributed by atoms with Gasteiger partial charge in [0.1, 0.15) is 6.33 Å². The Morgan fingerprint density at radius 1 is 1.44 bits per heavy atom. The Bertz CT molecular complexity index is 515. The van der Waals surface area contributed by atoms with Crippen LogP contribution in [0.3, 0.4) is 0 Å². The van der Waals surface area contributed by atoms with Gasteiger partial charge >= 0.3 is 5.97 Å². The molecule has 0 aliphatic carbocycles. The van der Waals surface area contributed by atoms with Crippen molar-refractivity contribution in [3.63, 3.8) is 0 Å². The fourth-order valence-electron chi connectivity index (χ4n) is 1.33. The van der Waals surface area contributed by atoms with Crippen molar-refractivity contribution in [1.29, 1.82) is 0 Å². The van der Waals surface area contributed by atoms with Crippen LogP contribution in [0.1, 0.15) is 17.8 Å². The lowest BCUT2D eigenvalue weighted by atomic mass is 10.2. The van der Waals surface area contributed by atoms with Gasteiger partial charge in [-0.25, -0.2) is 15.0 Å². The first-order chi connectivity index (χ1) is 8.74. The average molecular weight is 264 g/mol. The number of carbonyl (C=O) groups is 1. The molecular formula is C11H12N4O2S. The molecule has 0 fully saturated rings. The number of aromatic nitrogens is 3. The average Bonchev–Trinajstić information content (AvgIpc) is 2.83. The van der Waals surface area contributed by atoms with Gasteiger partial charge < -0.3 is 10.4 Å². The first-order valence-electron chi connectivity index (χ1n) is 5.39. The van der Waals surface area contributed by atoms with Gasteiger partial charge in [-0.2, -0.15) is 0 Å². The number of aliphatic carboxylic acids is 1. The van der Waals surface area contributed by atoms with Gasteiger partial charge in [0, 0.05) is 18.0 Å². The highest BCUT2D eigenvalue weighted by Gasteiger charge is 2.04. The number of aryl methyl sites for hydroxylation is 1. The summed E-state index contributed by atoms with van der Waals surface area (Å²) < 4.78 is 0. The Kier molecular flexibility index (Phi) is 4.19. The van der Waals surface area contributed by atoms with E-state index in [1.165, 1.54) is 17.7 Å². The van der Waals surface area contributed by atoms with Crippen LogP contribution in [0.5, 0.6) is 0 Å². The van der Waals surface area contributed by atoms with E-state index in [9.17, 15) is 4.79 Å². The van der Waals surface area contributed by atoms with Gasteiger partial charge in [0.15, 0.2) is 5.13 Å².